The van der Waals surface area contributed by atoms with Crippen molar-refractivity contribution in [3.8, 4) is 11.1 Å². The van der Waals surface area contributed by atoms with Crippen LogP contribution in [0.4, 0.5) is 10.1 Å². The molecule has 2 aliphatic heterocycles. The van der Waals surface area contributed by atoms with E-state index in [2.05, 4.69) is 25.8 Å². The molecule has 0 saturated carbocycles. The van der Waals surface area contributed by atoms with Crippen molar-refractivity contribution >= 4 is 17.5 Å². The first-order valence-corrected chi connectivity index (χ1v) is 12.3. The summed E-state index contributed by atoms with van der Waals surface area (Å²) in [4.78, 5) is 45.7. The number of hydrogen-bond acceptors (Lipinski definition) is 8. The molecule has 198 valence electrons. The lowest BCUT2D eigenvalue weighted by Gasteiger charge is -2.39. The summed E-state index contributed by atoms with van der Waals surface area (Å²) in [5.41, 5.74) is 8.66. The van der Waals surface area contributed by atoms with Gasteiger partial charge in [0.2, 0.25) is 5.91 Å². The van der Waals surface area contributed by atoms with E-state index in [1.54, 1.807) is 31.3 Å². The van der Waals surface area contributed by atoms with Crippen LogP contribution in [0.1, 0.15) is 17.3 Å². The van der Waals surface area contributed by atoms with Gasteiger partial charge in [-0.25, -0.2) is 9.40 Å². The summed E-state index contributed by atoms with van der Waals surface area (Å²) < 4.78 is 13.8. The van der Waals surface area contributed by atoms with Gasteiger partial charge in [-0.05, 0) is 37.7 Å². The number of nitrogens with two attached hydrogens (primary N) is 1. The third-order valence-corrected chi connectivity index (χ3v) is 6.88. The number of benzene rings is 1. The number of nitroso groups, excluding NO2 is 1. The molecule has 0 bridgehead atoms. The van der Waals surface area contributed by atoms with Gasteiger partial charge in [0.25, 0.3) is 5.91 Å². The van der Waals surface area contributed by atoms with Gasteiger partial charge in [0, 0.05) is 56.1 Å². The molecule has 4 rings (SSSR count). The molecule has 3 heterocycles. The van der Waals surface area contributed by atoms with Crippen molar-refractivity contribution in [2.24, 2.45) is 16.9 Å². The van der Waals surface area contributed by atoms with Crippen LogP contribution in [0, 0.1) is 10.8 Å². The van der Waals surface area contributed by atoms with Gasteiger partial charge in [0.15, 0.2) is 0 Å². The summed E-state index contributed by atoms with van der Waals surface area (Å²) in [7, 11) is 2.04. The monoisotopic (exact) mass is 512 g/mol. The maximum absolute atomic E-state index is 13.8. The van der Waals surface area contributed by atoms with E-state index in [9.17, 15) is 18.9 Å². The van der Waals surface area contributed by atoms with E-state index in [0.717, 1.165) is 23.7 Å². The van der Waals surface area contributed by atoms with Gasteiger partial charge in [-0.1, -0.05) is 12.1 Å². The predicted octanol–water partition coefficient (Wildman–Crippen LogP) is 1.29. The molecule has 0 spiro atoms. The number of amides is 2. The zero-order chi connectivity index (χ0) is 26.5. The number of carbonyl (C=O) groups excluding carboxylic acids is 2. The Hall–Kier alpha value is -3.48. The molecular weight excluding hydrogens is 479 g/mol. The minimum atomic E-state index is -1.28. The largest absolute Gasteiger partial charge is 0.336 e. The lowest BCUT2D eigenvalue weighted by atomic mass is 9.94. The summed E-state index contributed by atoms with van der Waals surface area (Å²) in [6, 6.07) is 8.33. The molecule has 2 aromatic rings. The first kappa shape index (κ1) is 26.6. The summed E-state index contributed by atoms with van der Waals surface area (Å²) in [5.74, 6) is -1.34. The van der Waals surface area contributed by atoms with Crippen molar-refractivity contribution in [3.05, 3.63) is 53.2 Å². The van der Waals surface area contributed by atoms with Crippen molar-refractivity contribution in [1.29, 1.82) is 0 Å². The van der Waals surface area contributed by atoms with Gasteiger partial charge in [0.05, 0.1) is 29.6 Å². The topological polar surface area (TPSA) is 136 Å². The van der Waals surface area contributed by atoms with Crippen LogP contribution in [0.2, 0.25) is 0 Å². The number of nitrogens with one attached hydrogen (secondary N) is 2. The van der Waals surface area contributed by atoms with E-state index in [4.69, 9.17) is 5.73 Å². The Labute approximate surface area is 215 Å². The van der Waals surface area contributed by atoms with Crippen molar-refractivity contribution in [2.45, 2.75) is 25.3 Å². The second-order valence-electron chi connectivity index (χ2n) is 9.62. The van der Waals surface area contributed by atoms with Gasteiger partial charge in [-0.2, -0.15) is 0 Å². The molecule has 1 aromatic carbocycles. The highest BCUT2D eigenvalue weighted by Crippen LogP contribution is 2.29. The van der Waals surface area contributed by atoms with Gasteiger partial charge >= 0.3 is 0 Å². The summed E-state index contributed by atoms with van der Waals surface area (Å²) in [6.45, 7) is 4.50. The van der Waals surface area contributed by atoms with Crippen LogP contribution in [0.25, 0.3) is 11.1 Å². The Morgan fingerprint density at radius 2 is 1.89 bits per heavy atom. The molecule has 12 heteroatoms. The Bertz CT molecular complexity index is 1110. The van der Waals surface area contributed by atoms with Gasteiger partial charge in [-0.3, -0.25) is 19.9 Å². The highest BCUT2D eigenvalue weighted by atomic mass is 19.1. The fourth-order valence-corrected chi connectivity index (χ4v) is 4.75. The smallest absolute Gasteiger partial charge is 0.253 e. The number of carbonyl (C=O) groups is 2. The number of halogens is 1. The molecule has 2 aliphatic rings. The van der Waals surface area contributed by atoms with E-state index < -0.39 is 30.2 Å². The fourth-order valence-electron chi connectivity index (χ4n) is 4.75. The van der Waals surface area contributed by atoms with Crippen LogP contribution in [0.3, 0.4) is 0 Å². The Balaban J connectivity index is 1.51. The van der Waals surface area contributed by atoms with E-state index in [1.807, 2.05) is 24.1 Å². The van der Waals surface area contributed by atoms with Crippen LogP contribution in [0.5, 0.6) is 0 Å². The molecule has 4 unspecified atom stereocenters. The van der Waals surface area contributed by atoms with Crippen LogP contribution in [0.15, 0.2) is 48.0 Å². The average Bonchev–Trinajstić information content (AvgIpc) is 2.90. The minimum Gasteiger partial charge on any atom is -0.336 e. The third-order valence-electron chi connectivity index (χ3n) is 6.88. The highest BCUT2D eigenvalue weighted by Gasteiger charge is 2.40. The van der Waals surface area contributed by atoms with E-state index >= 15 is 0 Å². The normalized spacial score (nSPS) is 22.3. The number of pyridine rings is 1. The standard InChI is InChI=1S/C25H33FN8O3/c1-16(27)22(23-29-13-19(26)15-34(23)31-37)24(35)30-21-14-28-8-7-20(21)17-3-5-18(6-4-17)25(36)33-11-9-32(2)10-12-33/h3-8,14,16,19,22-23,29H,9-13,15,27H2,1-2H3,(H,30,35). The van der Waals surface area contributed by atoms with Crippen LogP contribution in [-0.2, 0) is 4.79 Å². The van der Waals surface area contributed by atoms with Gasteiger partial charge in [-0.15, -0.1) is 4.91 Å². The number of rotatable bonds is 7. The third kappa shape index (κ3) is 6.09. The van der Waals surface area contributed by atoms with Crippen LogP contribution < -0.4 is 16.4 Å². The van der Waals surface area contributed by atoms with Crippen molar-refractivity contribution in [2.75, 3.05) is 51.6 Å². The SMILES string of the molecule is CC(N)C(C(=O)Nc1cnccc1-c1ccc(C(=O)N2CCN(C)CC2)cc1)C1NCC(F)CN1N=O. The maximum Gasteiger partial charge on any atom is 0.253 e. The zero-order valence-electron chi connectivity index (χ0n) is 21.0. The van der Waals surface area contributed by atoms with E-state index in [-0.39, 0.29) is 19.0 Å². The van der Waals surface area contributed by atoms with Gasteiger partial charge < -0.3 is 20.9 Å². The average molecular weight is 513 g/mol. The molecule has 0 radical (unpaired) electrons. The van der Waals surface area contributed by atoms with Crippen molar-refractivity contribution in [1.82, 2.24) is 25.1 Å². The number of alkyl halides is 1. The molecule has 0 aliphatic carbocycles. The van der Waals surface area contributed by atoms with Gasteiger partial charge in [0.1, 0.15) is 12.3 Å². The van der Waals surface area contributed by atoms with E-state index in [1.165, 1.54) is 6.20 Å². The molecule has 4 N–H and O–H groups in total. The molecule has 2 fully saturated rings. The fraction of sp³-hybridized carbons (Fsp3) is 0.480. The minimum absolute atomic E-state index is 0.00785. The zero-order valence-corrected chi connectivity index (χ0v) is 21.0. The molecule has 1 aromatic heterocycles. The quantitative estimate of drug-likeness (QED) is 0.472. The molecule has 11 nitrogen and oxygen atoms in total. The second-order valence-corrected chi connectivity index (χ2v) is 9.62. The number of anilines is 1. The molecule has 2 saturated heterocycles. The molecule has 37 heavy (non-hydrogen) atoms. The van der Waals surface area contributed by atoms with Crippen LogP contribution in [-0.4, -0.2) is 96.3 Å². The van der Waals surface area contributed by atoms with Crippen molar-refractivity contribution in [3.63, 3.8) is 0 Å². The number of hydrogen-bond donors (Lipinski definition) is 3. The molecular formula is C25H33FN8O3. The molecule has 4 atom stereocenters. The predicted molar refractivity (Wildman–Crippen MR) is 138 cm³/mol. The Morgan fingerprint density at radius 1 is 1.19 bits per heavy atom. The Morgan fingerprint density at radius 3 is 2.54 bits per heavy atom. The number of aromatic nitrogens is 1. The summed E-state index contributed by atoms with van der Waals surface area (Å²) >= 11 is 0. The second kappa shape index (κ2) is 11.7. The number of nitrogens with zero attached hydrogens (tertiary/aromatic N) is 5. The first-order valence-electron chi connectivity index (χ1n) is 12.3. The Kier molecular flexibility index (Phi) is 8.41. The first-order chi connectivity index (χ1) is 17.8. The molecule has 2 amide bonds. The maximum atomic E-state index is 13.8. The lowest BCUT2D eigenvalue weighted by molar-refractivity contribution is -0.124. The van der Waals surface area contributed by atoms with Crippen LogP contribution >= 0.6 is 0 Å². The van der Waals surface area contributed by atoms with E-state index in [0.29, 0.717) is 29.9 Å². The number of likely N-dealkylation sites (N-methyl/N-ethyl adjacent to an activating group) is 1. The number of piperazine rings is 1. The summed E-state index contributed by atoms with van der Waals surface area (Å²) in [5, 5.41) is 9.63. The lowest BCUT2D eigenvalue weighted by Crippen LogP contribution is -2.62. The summed E-state index contributed by atoms with van der Waals surface area (Å²) in [6.07, 6.45) is 1.02. The van der Waals surface area contributed by atoms with Crippen molar-refractivity contribution < 1.29 is 14.0 Å². The highest BCUT2D eigenvalue weighted by molar-refractivity contribution is 5.98.